The first kappa shape index (κ1) is 12.3. The fraction of sp³-hybridized carbons (Fsp3) is 1.00. The van der Waals surface area contributed by atoms with Crippen LogP contribution in [0.2, 0.25) is 0 Å². The molecule has 5 heteroatoms. The molecule has 0 saturated carbocycles. The second-order valence-corrected chi connectivity index (χ2v) is 7.42. The van der Waals surface area contributed by atoms with Crippen LogP contribution in [-0.2, 0) is 14.6 Å². The fourth-order valence-electron chi connectivity index (χ4n) is 2.69. The zero-order chi connectivity index (χ0) is 11.6. The predicted molar refractivity (Wildman–Crippen MR) is 63.0 cm³/mol. The molecule has 0 radical (unpaired) electrons. The van der Waals surface area contributed by atoms with Gasteiger partial charge in [-0.3, -0.25) is 0 Å². The summed E-state index contributed by atoms with van der Waals surface area (Å²) < 4.78 is 28.3. The maximum atomic E-state index is 11.4. The van der Waals surface area contributed by atoms with Crippen LogP contribution in [0.3, 0.4) is 0 Å². The third kappa shape index (κ3) is 3.18. The topological polar surface area (TPSA) is 69.4 Å². The summed E-state index contributed by atoms with van der Waals surface area (Å²) in [5.74, 6) is 0.439. The minimum Gasteiger partial charge on any atom is -0.378 e. The van der Waals surface area contributed by atoms with E-state index in [2.05, 4.69) is 0 Å². The van der Waals surface area contributed by atoms with Crippen molar-refractivity contribution in [3.63, 3.8) is 0 Å². The minimum atomic E-state index is -2.86. The number of ether oxygens (including phenoxy) is 1. The molecule has 0 aromatic carbocycles. The molecule has 2 aliphatic heterocycles. The van der Waals surface area contributed by atoms with Crippen molar-refractivity contribution in [2.75, 3.05) is 18.1 Å². The van der Waals surface area contributed by atoms with Crippen molar-refractivity contribution >= 4 is 9.84 Å². The van der Waals surface area contributed by atoms with Gasteiger partial charge in [0.2, 0.25) is 0 Å². The van der Waals surface area contributed by atoms with Crippen molar-refractivity contribution in [3.8, 4) is 0 Å². The average molecular weight is 247 g/mol. The molecule has 2 N–H and O–H groups in total. The van der Waals surface area contributed by atoms with Crippen molar-refractivity contribution in [1.82, 2.24) is 0 Å². The zero-order valence-corrected chi connectivity index (χ0v) is 10.5. The molecule has 2 heterocycles. The maximum absolute atomic E-state index is 11.4. The highest BCUT2D eigenvalue weighted by molar-refractivity contribution is 7.91. The lowest BCUT2D eigenvalue weighted by Crippen LogP contribution is -2.41. The van der Waals surface area contributed by atoms with Crippen LogP contribution in [0.1, 0.15) is 38.5 Å². The Labute approximate surface area is 97.5 Å². The Morgan fingerprint density at radius 2 is 2.25 bits per heavy atom. The van der Waals surface area contributed by atoms with Crippen molar-refractivity contribution in [3.05, 3.63) is 0 Å². The lowest BCUT2D eigenvalue weighted by Gasteiger charge is -2.22. The molecule has 2 aliphatic rings. The highest BCUT2D eigenvalue weighted by Gasteiger charge is 2.38. The molecule has 94 valence electrons. The Bertz CT molecular complexity index is 335. The quantitative estimate of drug-likeness (QED) is 0.799. The van der Waals surface area contributed by atoms with Crippen LogP contribution >= 0.6 is 0 Å². The van der Waals surface area contributed by atoms with Gasteiger partial charge in [-0.25, -0.2) is 8.42 Å². The summed E-state index contributed by atoms with van der Waals surface area (Å²) in [6.07, 6.45) is 6.15. The van der Waals surface area contributed by atoms with E-state index in [-0.39, 0.29) is 11.5 Å². The first-order valence-electron chi connectivity index (χ1n) is 6.10. The number of hydrogen-bond acceptors (Lipinski definition) is 4. The number of sulfone groups is 1. The van der Waals surface area contributed by atoms with Crippen LogP contribution in [0.25, 0.3) is 0 Å². The molecule has 2 unspecified atom stereocenters. The summed E-state index contributed by atoms with van der Waals surface area (Å²) >= 11 is 0. The van der Waals surface area contributed by atoms with Gasteiger partial charge in [0.25, 0.3) is 0 Å². The SMILES string of the molecule is NC1(CCCC2CCCO2)CCS(=O)(=O)C1. The Morgan fingerprint density at radius 1 is 1.44 bits per heavy atom. The lowest BCUT2D eigenvalue weighted by molar-refractivity contribution is 0.100. The summed E-state index contributed by atoms with van der Waals surface area (Å²) in [5, 5.41) is 0. The number of rotatable bonds is 4. The largest absolute Gasteiger partial charge is 0.378 e. The molecule has 0 aliphatic carbocycles. The maximum Gasteiger partial charge on any atom is 0.152 e. The Hall–Kier alpha value is -0.130. The van der Waals surface area contributed by atoms with E-state index >= 15 is 0 Å². The van der Waals surface area contributed by atoms with Gasteiger partial charge in [-0.05, 0) is 38.5 Å². The Balaban J connectivity index is 1.73. The van der Waals surface area contributed by atoms with E-state index in [0.717, 1.165) is 38.7 Å². The van der Waals surface area contributed by atoms with Crippen molar-refractivity contribution in [2.24, 2.45) is 5.73 Å². The third-order valence-electron chi connectivity index (χ3n) is 3.64. The van der Waals surface area contributed by atoms with Gasteiger partial charge in [0.15, 0.2) is 9.84 Å². The molecule has 2 rings (SSSR count). The van der Waals surface area contributed by atoms with Gasteiger partial charge in [-0.15, -0.1) is 0 Å². The van der Waals surface area contributed by atoms with Crippen LogP contribution < -0.4 is 5.73 Å². The van der Waals surface area contributed by atoms with Crippen LogP contribution in [0.15, 0.2) is 0 Å². The first-order valence-corrected chi connectivity index (χ1v) is 7.92. The average Bonchev–Trinajstić information content (AvgIpc) is 2.75. The summed E-state index contributed by atoms with van der Waals surface area (Å²) in [6, 6.07) is 0. The summed E-state index contributed by atoms with van der Waals surface area (Å²) in [7, 11) is -2.86. The Kier molecular flexibility index (Phi) is 3.56. The van der Waals surface area contributed by atoms with E-state index in [0.29, 0.717) is 12.5 Å². The molecule has 0 spiro atoms. The van der Waals surface area contributed by atoms with Gasteiger partial charge in [0.05, 0.1) is 17.6 Å². The minimum absolute atomic E-state index is 0.172. The van der Waals surface area contributed by atoms with E-state index in [4.69, 9.17) is 10.5 Å². The van der Waals surface area contributed by atoms with E-state index in [1.165, 1.54) is 0 Å². The third-order valence-corrected chi connectivity index (χ3v) is 5.48. The smallest absolute Gasteiger partial charge is 0.152 e. The van der Waals surface area contributed by atoms with Gasteiger partial charge in [0, 0.05) is 12.1 Å². The molecule has 0 aromatic heterocycles. The molecule has 2 saturated heterocycles. The van der Waals surface area contributed by atoms with Gasteiger partial charge in [-0.1, -0.05) is 0 Å². The van der Waals surface area contributed by atoms with E-state index in [9.17, 15) is 8.42 Å². The summed E-state index contributed by atoms with van der Waals surface area (Å²) in [6.45, 7) is 0.882. The van der Waals surface area contributed by atoms with Crippen LogP contribution in [-0.4, -0.2) is 38.2 Å². The van der Waals surface area contributed by atoms with E-state index in [1.807, 2.05) is 0 Å². The van der Waals surface area contributed by atoms with E-state index < -0.39 is 15.4 Å². The number of nitrogens with two attached hydrogens (primary N) is 1. The molecule has 2 fully saturated rings. The van der Waals surface area contributed by atoms with Crippen LogP contribution in [0.4, 0.5) is 0 Å². The molecule has 2 atom stereocenters. The standard InChI is InChI=1S/C11H21NO3S/c12-11(6-8-16(13,14)9-11)5-1-3-10-4-2-7-15-10/h10H,1-9,12H2. The van der Waals surface area contributed by atoms with Crippen LogP contribution in [0.5, 0.6) is 0 Å². The zero-order valence-electron chi connectivity index (χ0n) is 9.65. The van der Waals surface area contributed by atoms with Gasteiger partial charge < -0.3 is 10.5 Å². The molecule has 0 aromatic rings. The van der Waals surface area contributed by atoms with Gasteiger partial charge in [-0.2, -0.15) is 0 Å². The molecule has 4 nitrogen and oxygen atoms in total. The molecule has 16 heavy (non-hydrogen) atoms. The fourth-order valence-corrected chi connectivity index (χ4v) is 4.72. The summed E-state index contributed by atoms with van der Waals surface area (Å²) in [5.41, 5.74) is 5.64. The highest BCUT2D eigenvalue weighted by Crippen LogP contribution is 2.27. The first-order chi connectivity index (χ1) is 7.49. The van der Waals surface area contributed by atoms with Gasteiger partial charge in [0.1, 0.15) is 0 Å². The van der Waals surface area contributed by atoms with Crippen molar-refractivity contribution in [2.45, 2.75) is 50.2 Å². The molecular weight excluding hydrogens is 226 g/mol. The number of hydrogen-bond donors (Lipinski definition) is 1. The molecule has 0 bridgehead atoms. The predicted octanol–water partition coefficient (Wildman–Crippen LogP) is 0.852. The second-order valence-electron chi connectivity index (χ2n) is 5.23. The second kappa shape index (κ2) is 4.63. The Morgan fingerprint density at radius 3 is 2.81 bits per heavy atom. The van der Waals surface area contributed by atoms with Crippen molar-refractivity contribution < 1.29 is 13.2 Å². The summed E-state index contributed by atoms with van der Waals surface area (Å²) in [4.78, 5) is 0. The monoisotopic (exact) mass is 247 g/mol. The van der Waals surface area contributed by atoms with Crippen LogP contribution in [0, 0.1) is 0 Å². The lowest BCUT2D eigenvalue weighted by atomic mass is 9.92. The molecular formula is C11H21NO3S. The normalized spacial score (nSPS) is 37.9. The molecule has 0 amide bonds. The van der Waals surface area contributed by atoms with Crippen molar-refractivity contribution in [1.29, 1.82) is 0 Å². The highest BCUT2D eigenvalue weighted by atomic mass is 32.2. The van der Waals surface area contributed by atoms with Gasteiger partial charge >= 0.3 is 0 Å². The van der Waals surface area contributed by atoms with E-state index in [1.54, 1.807) is 0 Å².